The van der Waals surface area contributed by atoms with Crippen molar-refractivity contribution in [2.45, 2.75) is 44.2 Å². The van der Waals surface area contributed by atoms with Crippen LogP contribution in [-0.2, 0) is 9.59 Å². The van der Waals surface area contributed by atoms with E-state index >= 15 is 0 Å². The van der Waals surface area contributed by atoms with E-state index in [0.29, 0.717) is 12.6 Å². The highest BCUT2D eigenvalue weighted by Gasteiger charge is 2.38. The molecule has 108 valence electrons. The molecule has 2 heterocycles. The maximum absolute atomic E-state index is 12.3. The van der Waals surface area contributed by atoms with Crippen LogP contribution in [0.15, 0.2) is 0 Å². The number of nitrogens with one attached hydrogen (secondary N) is 1. The molecule has 0 aromatic carbocycles. The highest BCUT2D eigenvalue weighted by atomic mass is 35.5. The molecule has 3 fully saturated rings. The molecule has 2 amide bonds. The van der Waals surface area contributed by atoms with Crippen LogP contribution in [-0.4, -0.2) is 59.9 Å². The molecule has 0 unspecified atom stereocenters. The molecule has 6 heteroatoms. The summed E-state index contributed by atoms with van der Waals surface area (Å²) in [5.74, 6) is 0.256. The van der Waals surface area contributed by atoms with Gasteiger partial charge in [-0.25, -0.2) is 0 Å². The van der Waals surface area contributed by atoms with Gasteiger partial charge >= 0.3 is 0 Å². The molecule has 0 aromatic rings. The molecular weight excluding hydrogens is 266 g/mol. The number of carbonyl (C=O) groups excluding carboxylic acids is 2. The first-order valence-corrected chi connectivity index (χ1v) is 7.07. The van der Waals surface area contributed by atoms with Crippen LogP contribution >= 0.6 is 12.4 Å². The fourth-order valence-corrected chi connectivity index (χ4v) is 2.93. The molecule has 3 aliphatic rings. The first-order chi connectivity index (χ1) is 8.75. The quantitative estimate of drug-likeness (QED) is 0.799. The van der Waals surface area contributed by atoms with Crippen LogP contribution in [0.3, 0.4) is 0 Å². The van der Waals surface area contributed by atoms with Crippen molar-refractivity contribution in [1.82, 2.24) is 15.1 Å². The number of piperazine rings is 1. The molecule has 0 aromatic heterocycles. The Balaban J connectivity index is 0.00000133. The van der Waals surface area contributed by atoms with Gasteiger partial charge in [-0.15, -0.1) is 12.4 Å². The van der Waals surface area contributed by atoms with E-state index < -0.39 is 0 Å². The van der Waals surface area contributed by atoms with Crippen LogP contribution < -0.4 is 5.32 Å². The fraction of sp³-hybridized carbons (Fsp3) is 0.846. The Morgan fingerprint density at radius 1 is 1.16 bits per heavy atom. The van der Waals surface area contributed by atoms with E-state index in [1.165, 1.54) is 0 Å². The Hall–Kier alpha value is -0.810. The highest BCUT2D eigenvalue weighted by Crippen LogP contribution is 2.28. The van der Waals surface area contributed by atoms with Gasteiger partial charge in [-0.05, 0) is 32.2 Å². The summed E-state index contributed by atoms with van der Waals surface area (Å²) in [5.41, 5.74) is 0. The molecule has 2 saturated heterocycles. The summed E-state index contributed by atoms with van der Waals surface area (Å²) in [6, 6.07) is 0.418. The zero-order valence-corrected chi connectivity index (χ0v) is 12.0. The number of rotatable bonds is 2. The summed E-state index contributed by atoms with van der Waals surface area (Å²) < 4.78 is 0. The Labute approximate surface area is 120 Å². The van der Waals surface area contributed by atoms with E-state index in [1.54, 1.807) is 4.90 Å². The van der Waals surface area contributed by atoms with Crippen LogP contribution in [0.2, 0.25) is 0 Å². The zero-order chi connectivity index (χ0) is 12.5. The molecular formula is C13H22ClN3O2. The predicted molar refractivity (Wildman–Crippen MR) is 74.2 cm³/mol. The lowest BCUT2D eigenvalue weighted by atomic mass is 10.0. The van der Waals surface area contributed by atoms with E-state index in [-0.39, 0.29) is 36.8 Å². The first kappa shape index (κ1) is 14.6. The van der Waals surface area contributed by atoms with Crippen molar-refractivity contribution < 1.29 is 9.59 Å². The van der Waals surface area contributed by atoms with Crippen molar-refractivity contribution in [2.24, 2.45) is 0 Å². The lowest BCUT2D eigenvalue weighted by Gasteiger charge is -2.37. The summed E-state index contributed by atoms with van der Waals surface area (Å²) in [7, 11) is 0. The lowest BCUT2D eigenvalue weighted by Crippen LogP contribution is -2.57. The highest BCUT2D eigenvalue weighted by molar-refractivity contribution is 5.88. The molecule has 5 nitrogen and oxygen atoms in total. The molecule has 0 bridgehead atoms. The molecule has 0 spiro atoms. The second-order valence-corrected chi connectivity index (χ2v) is 5.58. The van der Waals surface area contributed by atoms with Gasteiger partial charge in [0, 0.05) is 19.1 Å². The lowest BCUT2D eigenvalue weighted by molar-refractivity contribution is -0.147. The van der Waals surface area contributed by atoms with Gasteiger partial charge in [-0.1, -0.05) is 6.42 Å². The van der Waals surface area contributed by atoms with Gasteiger partial charge in [-0.3, -0.25) is 9.59 Å². The van der Waals surface area contributed by atoms with Crippen molar-refractivity contribution in [3.8, 4) is 0 Å². The minimum atomic E-state index is -0.0565. The summed E-state index contributed by atoms with van der Waals surface area (Å²) >= 11 is 0. The van der Waals surface area contributed by atoms with Crippen LogP contribution in [0.5, 0.6) is 0 Å². The number of piperidine rings is 1. The second kappa shape index (κ2) is 6.09. The van der Waals surface area contributed by atoms with Crippen LogP contribution in [0.25, 0.3) is 0 Å². The maximum Gasteiger partial charge on any atom is 0.242 e. The van der Waals surface area contributed by atoms with E-state index in [1.807, 2.05) is 4.90 Å². The van der Waals surface area contributed by atoms with Crippen LogP contribution in [0.1, 0.15) is 32.1 Å². The zero-order valence-electron chi connectivity index (χ0n) is 11.1. The fourth-order valence-electron chi connectivity index (χ4n) is 2.93. The van der Waals surface area contributed by atoms with E-state index in [4.69, 9.17) is 0 Å². The molecule has 1 atom stereocenters. The van der Waals surface area contributed by atoms with Gasteiger partial charge in [0.15, 0.2) is 0 Å². The SMILES string of the molecule is Cl.O=C([C@H]1CCCCN1)N1CCN(C2CC2)C(=O)C1. The summed E-state index contributed by atoms with van der Waals surface area (Å²) in [4.78, 5) is 28.0. The first-order valence-electron chi connectivity index (χ1n) is 7.07. The number of amides is 2. The smallest absolute Gasteiger partial charge is 0.242 e. The predicted octanol–water partition coefficient (Wildman–Crippen LogP) is 0.384. The van der Waals surface area contributed by atoms with Gasteiger partial charge in [0.05, 0.1) is 12.6 Å². The van der Waals surface area contributed by atoms with Gasteiger partial charge in [0.1, 0.15) is 0 Å². The van der Waals surface area contributed by atoms with Crippen molar-refractivity contribution in [3.63, 3.8) is 0 Å². The number of carbonyl (C=O) groups is 2. The average molecular weight is 288 g/mol. The summed E-state index contributed by atoms with van der Waals surface area (Å²) in [6.07, 6.45) is 5.46. The largest absolute Gasteiger partial charge is 0.336 e. The van der Waals surface area contributed by atoms with Gasteiger partial charge in [0.2, 0.25) is 11.8 Å². The molecule has 0 radical (unpaired) electrons. The van der Waals surface area contributed by atoms with Gasteiger partial charge in [0.25, 0.3) is 0 Å². The monoisotopic (exact) mass is 287 g/mol. The van der Waals surface area contributed by atoms with E-state index in [2.05, 4.69) is 5.32 Å². The van der Waals surface area contributed by atoms with Crippen molar-refractivity contribution in [1.29, 1.82) is 0 Å². The number of halogens is 1. The standard InChI is InChI=1S/C13H21N3O2.ClH/c17-12-9-15(7-8-16(12)10-4-5-10)13(18)11-3-1-2-6-14-11;/h10-11,14H,1-9H2;1H/t11-;/m1./s1. The number of hydrogen-bond acceptors (Lipinski definition) is 3. The van der Waals surface area contributed by atoms with Crippen LogP contribution in [0, 0.1) is 0 Å². The Kier molecular flexibility index (Phi) is 4.68. The molecule has 19 heavy (non-hydrogen) atoms. The third kappa shape index (κ3) is 3.20. The Morgan fingerprint density at radius 3 is 2.53 bits per heavy atom. The topological polar surface area (TPSA) is 52.7 Å². The molecule has 2 aliphatic heterocycles. The normalized spacial score (nSPS) is 28.0. The average Bonchev–Trinajstić information content (AvgIpc) is 3.23. The second-order valence-electron chi connectivity index (χ2n) is 5.58. The summed E-state index contributed by atoms with van der Waals surface area (Å²) in [6.45, 7) is 2.64. The maximum atomic E-state index is 12.3. The summed E-state index contributed by atoms with van der Waals surface area (Å²) in [5, 5.41) is 3.26. The third-order valence-corrected chi connectivity index (χ3v) is 4.17. The molecule has 3 rings (SSSR count). The van der Waals surface area contributed by atoms with Crippen molar-refractivity contribution in [2.75, 3.05) is 26.2 Å². The third-order valence-electron chi connectivity index (χ3n) is 4.17. The molecule has 1 saturated carbocycles. The Bertz CT molecular complexity index is 354. The molecule has 1 aliphatic carbocycles. The minimum absolute atomic E-state index is 0. The molecule has 1 N–H and O–H groups in total. The Morgan fingerprint density at radius 2 is 1.95 bits per heavy atom. The minimum Gasteiger partial charge on any atom is -0.336 e. The number of nitrogens with zero attached hydrogens (tertiary/aromatic N) is 2. The van der Waals surface area contributed by atoms with Gasteiger partial charge < -0.3 is 15.1 Å². The van der Waals surface area contributed by atoms with Crippen LogP contribution in [0.4, 0.5) is 0 Å². The van der Waals surface area contributed by atoms with Crippen molar-refractivity contribution >= 4 is 24.2 Å². The van der Waals surface area contributed by atoms with E-state index in [9.17, 15) is 9.59 Å². The van der Waals surface area contributed by atoms with Crippen molar-refractivity contribution in [3.05, 3.63) is 0 Å². The van der Waals surface area contributed by atoms with Gasteiger partial charge in [-0.2, -0.15) is 0 Å². The number of hydrogen-bond donors (Lipinski definition) is 1. The van der Waals surface area contributed by atoms with E-state index in [0.717, 1.165) is 45.2 Å².